The van der Waals surface area contributed by atoms with Gasteiger partial charge in [-0.05, 0) is 49.8 Å². The fourth-order valence-electron chi connectivity index (χ4n) is 2.56. The second kappa shape index (κ2) is 6.80. The van der Waals surface area contributed by atoms with Crippen LogP contribution in [-0.4, -0.2) is 32.4 Å². The molecule has 1 aromatic carbocycles. The quantitative estimate of drug-likeness (QED) is 0.858. The van der Waals surface area contributed by atoms with Gasteiger partial charge in [0.1, 0.15) is 5.75 Å². The molecule has 0 aliphatic carbocycles. The van der Waals surface area contributed by atoms with Gasteiger partial charge in [-0.15, -0.1) is 0 Å². The number of ether oxygens (including phenoxy) is 1. The van der Waals surface area contributed by atoms with Crippen LogP contribution in [0, 0.1) is 26.7 Å². The Morgan fingerprint density at radius 2 is 1.89 bits per heavy atom. The zero-order valence-electron chi connectivity index (χ0n) is 13.1. The fraction of sp³-hybridized carbons (Fsp3) is 0.625. The van der Waals surface area contributed by atoms with E-state index in [9.17, 15) is 5.11 Å². The first-order valence-electron chi connectivity index (χ1n) is 6.92. The summed E-state index contributed by atoms with van der Waals surface area (Å²) < 4.78 is 5.60. The highest BCUT2D eigenvalue weighted by atomic mass is 16.5. The molecular weight excluding hydrogens is 238 g/mol. The number of methoxy groups -OCH3 is 1. The number of hydrogen-bond donors (Lipinski definition) is 1. The van der Waals surface area contributed by atoms with Crippen LogP contribution in [0.1, 0.15) is 30.0 Å². The van der Waals surface area contributed by atoms with Crippen LogP contribution in [0.2, 0.25) is 0 Å². The maximum atomic E-state index is 9.36. The summed E-state index contributed by atoms with van der Waals surface area (Å²) in [5.41, 5.74) is 4.79. The summed E-state index contributed by atoms with van der Waals surface area (Å²) >= 11 is 0. The molecule has 0 saturated heterocycles. The fourth-order valence-corrected chi connectivity index (χ4v) is 2.56. The van der Waals surface area contributed by atoms with Gasteiger partial charge in [-0.1, -0.05) is 13.0 Å². The molecule has 3 heteroatoms. The van der Waals surface area contributed by atoms with Gasteiger partial charge in [-0.3, -0.25) is 0 Å². The van der Waals surface area contributed by atoms with Crippen LogP contribution < -0.4 is 9.64 Å². The minimum absolute atomic E-state index is 0.229. The molecule has 0 saturated carbocycles. The van der Waals surface area contributed by atoms with Gasteiger partial charge in [0.25, 0.3) is 0 Å². The monoisotopic (exact) mass is 265 g/mol. The van der Waals surface area contributed by atoms with Crippen molar-refractivity contribution in [3.05, 3.63) is 22.8 Å². The highest BCUT2D eigenvalue weighted by Crippen LogP contribution is 2.36. The number of hydrogen-bond acceptors (Lipinski definition) is 3. The van der Waals surface area contributed by atoms with Crippen LogP contribution in [-0.2, 0) is 0 Å². The highest BCUT2D eigenvalue weighted by Gasteiger charge is 2.18. The van der Waals surface area contributed by atoms with Crippen LogP contribution in [0.15, 0.2) is 6.07 Å². The molecular formula is C16H27NO2. The van der Waals surface area contributed by atoms with E-state index in [1.807, 2.05) is 0 Å². The topological polar surface area (TPSA) is 32.7 Å². The maximum Gasteiger partial charge on any atom is 0.145 e. The SMILES string of the molecule is CCC(CO)CN(C)c1c(C)cc(C)c(C)c1OC. The summed E-state index contributed by atoms with van der Waals surface area (Å²) in [6, 6.07) is 2.20. The van der Waals surface area contributed by atoms with Crippen molar-refractivity contribution >= 4 is 5.69 Å². The molecule has 108 valence electrons. The molecule has 0 heterocycles. The third-order valence-electron chi connectivity index (χ3n) is 3.91. The van der Waals surface area contributed by atoms with Crippen LogP contribution in [0.3, 0.4) is 0 Å². The Balaban J connectivity index is 3.15. The molecule has 1 aromatic rings. The Morgan fingerprint density at radius 3 is 2.37 bits per heavy atom. The van der Waals surface area contributed by atoms with Crippen molar-refractivity contribution in [2.75, 3.05) is 32.2 Å². The normalized spacial score (nSPS) is 12.4. The van der Waals surface area contributed by atoms with Crippen LogP contribution >= 0.6 is 0 Å². The van der Waals surface area contributed by atoms with E-state index in [1.165, 1.54) is 16.7 Å². The molecule has 1 atom stereocenters. The average molecular weight is 265 g/mol. The van der Waals surface area contributed by atoms with E-state index in [-0.39, 0.29) is 6.61 Å². The van der Waals surface area contributed by atoms with Gasteiger partial charge in [0.05, 0.1) is 12.8 Å². The molecule has 0 fully saturated rings. The first kappa shape index (κ1) is 15.8. The van der Waals surface area contributed by atoms with Crippen molar-refractivity contribution in [2.24, 2.45) is 5.92 Å². The van der Waals surface area contributed by atoms with Crippen LogP contribution in [0.25, 0.3) is 0 Å². The Bertz CT molecular complexity index is 425. The number of nitrogens with zero attached hydrogens (tertiary/aromatic N) is 1. The lowest BCUT2D eigenvalue weighted by molar-refractivity contribution is 0.225. The Hall–Kier alpha value is -1.22. The second-order valence-corrected chi connectivity index (χ2v) is 5.35. The van der Waals surface area contributed by atoms with Gasteiger partial charge in [-0.25, -0.2) is 0 Å². The third kappa shape index (κ3) is 3.41. The van der Waals surface area contributed by atoms with Crippen LogP contribution in [0.5, 0.6) is 5.75 Å². The lowest BCUT2D eigenvalue weighted by Crippen LogP contribution is -2.28. The zero-order chi connectivity index (χ0) is 14.6. The van der Waals surface area contributed by atoms with Gasteiger partial charge in [0.2, 0.25) is 0 Å². The largest absolute Gasteiger partial charge is 0.494 e. The van der Waals surface area contributed by atoms with E-state index in [0.717, 1.165) is 24.4 Å². The number of aryl methyl sites for hydroxylation is 2. The van der Waals surface area contributed by atoms with Crippen molar-refractivity contribution in [3.63, 3.8) is 0 Å². The number of anilines is 1. The van der Waals surface area contributed by atoms with Crippen molar-refractivity contribution in [1.82, 2.24) is 0 Å². The summed E-state index contributed by atoms with van der Waals surface area (Å²) in [6.07, 6.45) is 0.979. The van der Waals surface area contributed by atoms with Gasteiger partial charge in [0.15, 0.2) is 0 Å². The minimum atomic E-state index is 0.229. The summed E-state index contributed by atoms with van der Waals surface area (Å²) in [5.74, 6) is 1.25. The lowest BCUT2D eigenvalue weighted by Gasteiger charge is -2.28. The van der Waals surface area contributed by atoms with E-state index >= 15 is 0 Å². The molecule has 0 aliphatic heterocycles. The third-order valence-corrected chi connectivity index (χ3v) is 3.91. The van der Waals surface area contributed by atoms with Gasteiger partial charge in [0, 0.05) is 20.2 Å². The van der Waals surface area contributed by atoms with Crippen LogP contribution in [0.4, 0.5) is 5.69 Å². The predicted molar refractivity (Wildman–Crippen MR) is 81.3 cm³/mol. The molecule has 0 bridgehead atoms. The van der Waals surface area contributed by atoms with E-state index in [4.69, 9.17) is 4.74 Å². The standard InChI is InChI=1S/C16H27NO2/c1-7-14(10-18)9-17(5)15-12(3)8-11(2)13(4)16(15)19-6/h8,14,18H,7,9-10H2,1-6H3. The summed E-state index contributed by atoms with van der Waals surface area (Å²) in [7, 11) is 3.79. The smallest absolute Gasteiger partial charge is 0.145 e. The molecule has 1 N–H and O–H groups in total. The van der Waals surface area contributed by atoms with Gasteiger partial charge >= 0.3 is 0 Å². The zero-order valence-corrected chi connectivity index (χ0v) is 13.1. The molecule has 0 radical (unpaired) electrons. The molecule has 0 spiro atoms. The second-order valence-electron chi connectivity index (χ2n) is 5.35. The van der Waals surface area contributed by atoms with Crippen molar-refractivity contribution in [1.29, 1.82) is 0 Å². The summed E-state index contributed by atoms with van der Waals surface area (Å²) in [5, 5.41) is 9.36. The highest BCUT2D eigenvalue weighted by molar-refractivity contribution is 5.67. The van der Waals surface area contributed by atoms with Gasteiger partial charge in [-0.2, -0.15) is 0 Å². The summed E-state index contributed by atoms with van der Waals surface area (Å²) in [6.45, 7) is 9.49. The molecule has 1 rings (SSSR count). The Labute approximate surface area is 117 Å². The number of aliphatic hydroxyl groups is 1. The molecule has 0 aliphatic rings. The summed E-state index contributed by atoms with van der Waals surface area (Å²) in [4.78, 5) is 2.20. The van der Waals surface area contributed by atoms with Crippen molar-refractivity contribution in [3.8, 4) is 5.75 Å². The molecule has 0 amide bonds. The van der Waals surface area contributed by atoms with Crippen molar-refractivity contribution in [2.45, 2.75) is 34.1 Å². The first-order valence-corrected chi connectivity index (χ1v) is 6.92. The average Bonchev–Trinajstić information content (AvgIpc) is 2.39. The van der Waals surface area contributed by atoms with Crippen molar-refractivity contribution < 1.29 is 9.84 Å². The van der Waals surface area contributed by atoms with Gasteiger partial charge < -0.3 is 14.7 Å². The van der Waals surface area contributed by atoms with E-state index < -0.39 is 0 Å². The Morgan fingerprint density at radius 1 is 1.26 bits per heavy atom. The number of aliphatic hydroxyl groups excluding tert-OH is 1. The molecule has 1 unspecified atom stereocenters. The maximum absolute atomic E-state index is 9.36. The minimum Gasteiger partial charge on any atom is -0.494 e. The van der Waals surface area contributed by atoms with E-state index in [1.54, 1.807) is 7.11 Å². The molecule has 0 aromatic heterocycles. The number of benzene rings is 1. The molecule has 3 nitrogen and oxygen atoms in total. The Kier molecular flexibility index (Phi) is 5.67. The first-order chi connectivity index (χ1) is 8.96. The number of rotatable bonds is 6. The predicted octanol–water partition coefficient (Wildman–Crippen LogP) is 3.08. The van der Waals surface area contributed by atoms with E-state index in [2.05, 4.69) is 45.7 Å². The lowest BCUT2D eigenvalue weighted by atomic mass is 10.0. The van der Waals surface area contributed by atoms with E-state index in [0.29, 0.717) is 5.92 Å². The molecule has 19 heavy (non-hydrogen) atoms.